The van der Waals surface area contributed by atoms with E-state index in [1.54, 1.807) is 5.48 Å². The molecule has 0 aliphatic carbocycles. The molecule has 0 spiro atoms. The van der Waals surface area contributed by atoms with E-state index < -0.39 is 5.91 Å². The Kier molecular flexibility index (Phi) is 4.27. The fourth-order valence-corrected chi connectivity index (χ4v) is 2.97. The van der Waals surface area contributed by atoms with Crippen LogP contribution in [0.2, 0.25) is 0 Å². The standard InChI is InChI=1S/C17H15BrN2O2/c18-14-6-7-16-15(9-14)13(8-17(21)19-22)11-20(16)10-12-4-2-1-3-5-12/h1-7,9,11,22H,8,10H2,(H,19,21). The summed E-state index contributed by atoms with van der Waals surface area (Å²) in [5.41, 5.74) is 4.84. The van der Waals surface area contributed by atoms with Crippen molar-refractivity contribution in [1.29, 1.82) is 0 Å². The van der Waals surface area contributed by atoms with Gasteiger partial charge < -0.3 is 4.57 Å². The summed E-state index contributed by atoms with van der Waals surface area (Å²) in [5.74, 6) is -0.418. The highest BCUT2D eigenvalue weighted by molar-refractivity contribution is 9.10. The highest BCUT2D eigenvalue weighted by Crippen LogP contribution is 2.26. The van der Waals surface area contributed by atoms with Gasteiger partial charge in [-0.2, -0.15) is 0 Å². The van der Waals surface area contributed by atoms with Gasteiger partial charge in [0.2, 0.25) is 5.91 Å². The largest absolute Gasteiger partial charge is 0.343 e. The first-order valence-corrected chi connectivity index (χ1v) is 7.71. The first kappa shape index (κ1) is 14.8. The van der Waals surface area contributed by atoms with E-state index >= 15 is 0 Å². The molecule has 1 aromatic heterocycles. The first-order valence-electron chi connectivity index (χ1n) is 6.91. The maximum absolute atomic E-state index is 11.5. The summed E-state index contributed by atoms with van der Waals surface area (Å²) in [5, 5.41) is 9.76. The molecule has 5 heteroatoms. The molecule has 0 unspecified atom stereocenters. The Morgan fingerprint density at radius 3 is 2.68 bits per heavy atom. The minimum Gasteiger partial charge on any atom is -0.343 e. The minimum atomic E-state index is -0.418. The first-order chi connectivity index (χ1) is 10.7. The zero-order valence-electron chi connectivity index (χ0n) is 11.8. The van der Waals surface area contributed by atoms with Crippen LogP contribution in [0.25, 0.3) is 10.9 Å². The van der Waals surface area contributed by atoms with E-state index in [9.17, 15) is 4.79 Å². The molecule has 1 amide bonds. The predicted molar refractivity (Wildman–Crippen MR) is 88.8 cm³/mol. The Morgan fingerprint density at radius 1 is 1.18 bits per heavy atom. The van der Waals surface area contributed by atoms with Crippen LogP contribution < -0.4 is 5.48 Å². The van der Waals surface area contributed by atoms with Gasteiger partial charge in [-0.15, -0.1) is 0 Å². The van der Waals surface area contributed by atoms with Crippen LogP contribution in [0.1, 0.15) is 11.1 Å². The third kappa shape index (κ3) is 3.05. The molecule has 1 heterocycles. The van der Waals surface area contributed by atoms with Gasteiger partial charge in [-0.3, -0.25) is 10.0 Å². The van der Waals surface area contributed by atoms with E-state index in [0.29, 0.717) is 0 Å². The van der Waals surface area contributed by atoms with E-state index in [-0.39, 0.29) is 6.42 Å². The van der Waals surface area contributed by atoms with E-state index in [4.69, 9.17) is 5.21 Å². The molecule has 0 saturated heterocycles. The number of carbonyl (C=O) groups is 1. The average molecular weight is 359 g/mol. The van der Waals surface area contributed by atoms with Crippen molar-refractivity contribution >= 4 is 32.7 Å². The van der Waals surface area contributed by atoms with E-state index in [0.717, 1.165) is 27.5 Å². The highest BCUT2D eigenvalue weighted by Gasteiger charge is 2.12. The lowest BCUT2D eigenvalue weighted by Gasteiger charge is -2.05. The average Bonchev–Trinajstić information content (AvgIpc) is 2.85. The second-order valence-electron chi connectivity index (χ2n) is 5.14. The van der Waals surface area contributed by atoms with Crippen molar-refractivity contribution in [3.05, 3.63) is 70.3 Å². The van der Waals surface area contributed by atoms with Crippen molar-refractivity contribution in [1.82, 2.24) is 10.0 Å². The number of nitrogens with one attached hydrogen (secondary N) is 1. The van der Waals surface area contributed by atoms with Gasteiger partial charge in [-0.25, -0.2) is 5.48 Å². The van der Waals surface area contributed by atoms with Crippen molar-refractivity contribution < 1.29 is 10.0 Å². The number of hydrogen-bond donors (Lipinski definition) is 2. The number of fused-ring (bicyclic) bond motifs is 1. The number of aromatic nitrogens is 1. The molecular weight excluding hydrogens is 344 g/mol. The zero-order valence-corrected chi connectivity index (χ0v) is 13.4. The van der Waals surface area contributed by atoms with Gasteiger partial charge in [0.05, 0.1) is 6.42 Å². The number of rotatable bonds is 4. The molecule has 4 nitrogen and oxygen atoms in total. The number of hydroxylamine groups is 1. The number of halogens is 1. The lowest BCUT2D eigenvalue weighted by Crippen LogP contribution is -2.20. The van der Waals surface area contributed by atoms with Crippen molar-refractivity contribution in [2.24, 2.45) is 0 Å². The molecule has 3 rings (SSSR count). The molecule has 112 valence electrons. The smallest absolute Gasteiger partial charge is 0.247 e. The summed E-state index contributed by atoms with van der Waals surface area (Å²) < 4.78 is 3.08. The van der Waals surface area contributed by atoms with Crippen LogP contribution in [0.15, 0.2) is 59.2 Å². The second-order valence-corrected chi connectivity index (χ2v) is 6.06. The van der Waals surface area contributed by atoms with Gasteiger partial charge in [0.1, 0.15) is 0 Å². The highest BCUT2D eigenvalue weighted by atomic mass is 79.9. The molecule has 0 saturated carbocycles. The summed E-state index contributed by atoms with van der Waals surface area (Å²) in [7, 11) is 0. The minimum absolute atomic E-state index is 0.144. The molecule has 0 atom stereocenters. The van der Waals surface area contributed by atoms with Crippen molar-refractivity contribution in [3.8, 4) is 0 Å². The second kappa shape index (κ2) is 6.34. The number of hydrogen-bond acceptors (Lipinski definition) is 2. The predicted octanol–water partition coefficient (Wildman–Crippen LogP) is 3.50. The summed E-state index contributed by atoms with van der Waals surface area (Å²) in [6, 6.07) is 16.2. The Labute approximate surface area is 136 Å². The Hall–Kier alpha value is -2.11. The molecule has 3 aromatic rings. The Balaban J connectivity index is 2.04. The third-order valence-electron chi connectivity index (χ3n) is 3.60. The van der Waals surface area contributed by atoms with Gasteiger partial charge >= 0.3 is 0 Å². The van der Waals surface area contributed by atoms with Crippen LogP contribution in [-0.2, 0) is 17.8 Å². The van der Waals surface area contributed by atoms with Crippen LogP contribution in [0.4, 0.5) is 0 Å². The van der Waals surface area contributed by atoms with Gasteiger partial charge in [-0.05, 0) is 29.3 Å². The van der Waals surface area contributed by atoms with Gasteiger partial charge in [-0.1, -0.05) is 46.3 Å². The molecule has 0 aliphatic heterocycles. The number of carbonyl (C=O) groups excluding carboxylic acids is 1. The van der Waals surface area contributed by atoms with Crippen LogP contribution in [-0.4, -0.2) is 15.7 Å². The van der Waals surface area contributed by atoms with Gasteiger partial charge in [0.15, 0.2) is 0 Å². The topological polar surface area (TPSA) is 54.3 Å². The van der Waals surface area contributed by atoms with E-state index in [1.165, 1.54) is 5.56 Å². The molecule has 0 radical (unpaired) electrons. The molecule has 0 bridgehead atoms. The fraction of sp³-hybridized carbons (Fsp3) is 0.118. The van der Waals surface area contributed by atoms with Crippen LogP contribution >= 0.6 is 15.9 Å². The lowest BCUT2D eigenvalue weighted by molar-refractivity contribution is -0.128. The molecule has 2 N–H and O–H groups in total. The third-order valence-corrected chi connectivity index (χ3v) is 4.09. The van der Waals surface area contributed by atoms with Gasteiger partial charge in [0, 0.05) is 28.1 Å². The molecule has 2 aromatic carbocycles. The van der Waals surface area contributed by atoms with Crippen LogP contribution in [0.3, 0.4) is 0 Å². The van der Waals surface area contributed by atoms with E-state index in [1.807, 2.05) is 42.6 Å². The summed E-state index contributed by atoms with van der Waals surface area (Å²) in [6.07, 6.45) is 2.12. The SMILES string of the molecule is O=C(Cc1cn(Cc2ccccc2)c2ccc(Br)cc12)NO. The van der Waals surface area contributed by atoms with Crippen LogP contribution in [0.5, 0.6) is 0 Å². The maximum atomic E-state index is 11.5. The normalized spacial score (nSPS) is 10.8. The summed E-state index contributed by atoms with van der Waals surface area (Å²) in [4.78, 5) is 11.5. The monoisotopic (exact) mass is 358 g/mol. The number of benzene rings is 2. The molecule has 0 fully saturated rings. The number of nitrogens with zero attached hydrogens (tertiary/aromatic N) is 1. The van der Waals surface area contributed by atoms with Crippen molar-refractivity contribution in [2.45, 2.75) is 13.0 Å². The molecule has 22 heavy (non-hydrogen) atoms. The quantitative estimate of drug-likeness (QED) is 0.553. The van der Waals surface area contributed by atoms with Crippen molar-refractivity contribution in [2.75, 3.05) is 0 Å². The fourth-order valence-electron chi connectivity index (χ4n) is 2.61. The Bertz CT molecular complexity index is 812. The van der Waals surface area contributed by atoms with Crippen molar-refractivity contribution in [3.63, 3.8) is 0 Å². The summed E-state index contributed by atoms with van der Waals surface area (Å²) in [6.45, 7) is 0.736. The van der Waals surface area contributed by atoms with Crippen LogP contribution in [0, 0.1) is 0 Å². The molecular formula is C17H15BrN2O2. The maximum Gasteiger partial charge on any atom is 0.247 e. The van der Waals surface area contributed by atoms with Gasteiger partial charge in [0.25, 0.3) is 0 Å². The Morgan fingerprint density at radius 2 is 1.95 bits per heavy atom. The summed E-state index contributed by atoms with van der Waals surface area (Å²) >= 11 is 3.47. The van der Waals surface area contributed by atoms with E-state index in [2.05, 4.69) is 32.6 Å². The zero-order chi connectivity index (χ0) is 15.5. The number of amides is 1. The molecule has 0 aliphatic rings. The lowest BCUT2D eigenvalue weighted by atomic mass is 10.1.